The second-order valence-electron chi connectivity index (χ2n) is 15.8. The number of para-hydroxylation sites is 5. The van der Waals surface area contributed by atoms with Crippen LogP contribution in [0.25, 0.3) is 117 Å². The highest BCUT2D eigenvalue weighted by molar-refractivity contribution is 6.24. The summed E-state index contributed by atoms with van der Waals surface area (Å²) in [6.07, 6.45) is 0. The van der Waals surface area contributed by atoms with Gasteiger partial charge in [0.2, 0.25) is 0 Å². The molecule has 4 heterocycles. The van der Waals surface area contributed by atoms with Crippen molar-refractivity contribution in [3.05, 3.63) is 212 Å². The van der Waals surface area contributed by atoms with Gasteiger partial charge in [-0.1, -0.05) is 152 Å². The zero-order chi connectivity index (χ0) is 40.7. The highest BCUT2D eigenvalue weighted by Gasteiger charge is 2.23. The number of hydrogen-bond donors (Lipinski definition) is 0. The van der Waals surface area contributed by atoms with Gasteiger partial charge >= 0.3 is 0 Å². The number of fused-ring (bicyclic) bond motifs is 10. The lowest BCUT2D eigenvalue weighted by Gasteiger charge is -2.18. The van der Waals surface area contributed by atoms with Gasteiger partial charge in [0.15, 0.2) is 11.6 Å². The van der Waals surface area contributed by atoms with E-state index >= 15 is 0 Å². The lowest BCUT2D eigenvalue weighted by Crippen LogP contribution is -2.02. The molecule has 0 aliphatic rings. The molecule has 0 spiro atoms. The van der Waals surface area contributed by atoms with Crippen LogP contribution in [-0.4, -0.2) is 23.9 Å². The fraction of sp³-hybridized carbons (Fsp3) is 0. The Morgan fingerprint density at radius 1 is 0.339 bits per heavy atom. The van der Waals surface area contributed by atoms with Gasteiger partial charge in [0.25, 0.3) is 0 Å². The van der Waals surface area contributed by atoms with E-state index in [1.54, 1.807) is 0 Å². The lowest BCUT2D eigenvalue weighted by atomic mass is 10.0. The van der Waals surface area contributed by atoms with E-state index in [0.29, 0.717) is 0 Å². The van der Waals surface area contributed by atoms with Gasteiger partial charge < -0.3 is 13.6 Å². The van der Waals surface area contributed by atoms with E-state index < -0.39 is 0 Å². The molecular weight excluding hydrogens is 759 g/mol. The second kappa shape index (κ2) is 13.5. The molecule has 4 aromatic heterocycles. The van der Waals surface area contributed by atoms with Gasteiger partial charge in [-0.2, -0.15) is 0 Å². The standard InChI is InChI=1S/C56H35N5O/c1-3-17-36(18-4-1)55-57-58-56(37-19-5-2-6-20-37)59(55)38-31-33-50-45(35-38)41-23-9-14-28-48(41)60(50)46-26-12-7-21-39(46)40-22-8-13-27-47(40)61-49-29-15-10-25-44(49)53-51(61)34-32-43-42-24-11-16-30-52(42)62-54(43)53/h1-35H. The highest BCUT2D eigenvalue weighted by atomic mass is 16.3. The van der Waals surface area contributed by atoms with Crippen LogP contribution in [0.15, 0.2) is 217 Å². The molecule has 0 N–H and O–H groups in total. The molecule has 0 saturated carbocycles. The summed E-state index contributed by atoms with van der Waals surface area (Å²) in [5, 5.41) is 16.4. The van der Waals surface area contributed by atoms with Crippen molar-refractivity contribution >= 4 is 65.6 Å². The maximum Gasteiger partial charge on any atom is 0.168 e. The fourth-order valence-electron chi connectivity index (χ4n) is 9.72. The second-order valence-corrected chi connectivity index (χ2v) is 15.8. The summed E-state index contributed by atoms with van der Waals surface area (Å²) in [6.45, 7) is 0. The molecule has 0 bridgehead atoms. The maximum absolute atomic E-state index is 6.65. The quantitative estimate of drug-likeness (QED) is 0.168. The average Bonchev–Trinajstić information content (AvgIpc) is 4.12. The van der Waals surface area contributed by atoms with E-state index in [1.807, 2.05) is 42.5 Å². The van der Waals surface area contributed by atoms with Crippen molar-refractivity contribution in [1.82, 2.24) is 23.9 Å². The first-order chi connectivity index (χ1) is 30.8. The molecule has 9 aromatic carbocycles. The fourth-order valence-corrected chi connectivity index (χ4v) is 9.72. The van der Waals surface area contributed by atoms with E-state index in [-0.39, 0.29) is 0 Å². The number of nitrogens with zero attached hydrogens (tertiary/aromatic N) is 5. The van der Waals surface area contributed by atoms with E-state index in [0.717, 1.165) is 111 Å². The minimum absolute atomic E-state index is 0.792. The van der Waals surface area contributed by atoms with E-state index in [2.05, 4.69) is 184 Å². The summed E-state index contributed by atoms with van der Waals surface area (Å²) >= 11 is 0. The van der Waals surface area contributed by atoms with E-state index in [4.69, 9.17) is 14.6 Å². The summed E-state index contributed by atoms with van der Waals surface area (Å²) in [7, 11) is 0. The molecule has 62 heavy (non-hydrogen) atoms. The van der Waals surface area contributed by atoms with Crippen molar-refractivity contribution in [3.8, 4) is 51.0 Å². The summed E-state index contributed by atoms with van der Waals surface area (Å²) in [6, 6.07) is 75.1. The van der Waals surface area contributed by atoms with Gasteiger partial charge in [-0.05, 0) is 60.7 Å². The molecule has 13 rings (SSSR count). The predicted molar refractivity (Wildman–Crippen MR) is 254 cm³/mol. The molecule has 290 valence electrons. The molecule has 0 radical (unpaired) electrons. The van der Waals surface area contributed by atoms with Crippen molar-refractivity contribution in [2.24, 2.45) is 0 Å². The van der Waals surface area contributed by atoms with Crippen LogP contribution in [0.1, 0.15) is 0 Å². The molecule has 6 heteroatoms. The Morgan fingerprint density at radius 3 is 1.52 bits per heavy atom. The normalized spacial score (nSPS) is 11.9. The van der Waals surface area contributed by atoms with Crippen LogP contribution in [-0.2, 0) is 0 Å². The number of hydrogen-bond acceptors (Lipinski definition) is 3. The molecule has 0 atom stereocenters. The highest BCUT2D eigenvalue weighted by Crippen LogP contribution is 2.44. The van der Waals surface area contributed by atoms with Gasteiger partial charge in [0.1, 0.15) is 11.2 Å². The van der Waals surface area contributed by atoms with Crippen molar-refractivity contribution in [3.63, 3.8) is 0 Å². The molecule has 0 saturated heterocycles. The molecule has 6 nitrogen and oxygen atoms in total. The zero-order valence-electron chi connectivity index (χ0n) is 33.4. The van der Waals surface area contributed by atoms with Crippen LogP contribution in [0.4, 0.5) is 0 Å². The first kappa shape index (κ1) is 34.4. The number of benzene rings is 9. The van der Waals surface area contributed by atoms with Crippen LogP contribution < -0.4 is 0 Å². The summed E-state index contributed by atoms with van der Waals surface area (Å²) < 4.78 is 13.7. The van der Waals surface area contributed by atoms with Crippen LogP contribution in [0.3, 0.4) is 0 Å². The minimum Gasteiger partial charge on any atom is -0.455 e. The summed E-state index contributed by atoms with van der Waals surface area (Å²) in [5.41, 5.74) is 13.7. The molecule has 0 amide bonds. The third-order valence-corrected chi connectivity index (χ3v) is 12.4. The smallest absolute Gasteiger partial charge is 0.168 e. The number of rotatable bonds is 6. The summed E-state index contributed by atoms with van der Waals surface area (Å²) in [5.74, 6) is 1.58. The predicted octanol–water partition coefficient (Wildman–Crippen LogP) is 14.4. The molecule has 0 aliphatic heterocycles. The van der Waals surface area contributed by atoms with Crippen LogP contribution in [0, 0.1) is 0 Å². The number of aromatic nitrogens is 5. The monoisotopic (exact) mass is 793 g/mol. The van der Waals surface area contributed by atoms with E-state index in [1.165, 1.54) is 5.39 Å². The Hall–Kier alpha value is -8.48. The zero-order valence-corrected chi connectivity index (χ0v) is 33.4. The Kier molecular flexibility index (Phi) is 7.50. The third-order valence-electron chi connectivity index (χ3n) is 12.4. The SMILES string of the molecule is c1ccc(-c2nnc(-c3ccccc3)n2-c2ccc3c(c2)c2ccccc2n3-c2ccccc2-c2ccccc2-n2c3ccccc3c3c4oc5ccccc5c4ccc32)cc1. The van der Waals surface area contributed by atoms with Crippen molar-refractivity contribution in [2.75, 3.05) is 0 Å². The van der Waals surface area contributed by atoms with Crippen LogP contribution >= 0.6 is 0 Å². The molecule has 0 fully saturated rings. The lowest BCUT2D eigenvalue weighted by molar-refractivity contribution is 0.673. The molecule has 0 aliphatic carbocycles. The number of furan rings is 1. The maximum atomic E-state index is 6.65. The van der Waals surface area contributed by atoms with Crippen molar-refractivity contribution in [1.29, 1.82) is 0 Å². The van der Waals surface area contributed by atoms with Crippen LogP contribution in [0.5, 0.6) is 0 Å². The Morgan fingerprint density at radius 2 is 0.839 bits per heavy atom. The molecule has 0 unspecified atom stereocenters. The van der Waals surface area contributed by atoms with Gasteiger partial charge in [0.05, 0.1) is 44.5 Å². The third kappa shape index (κ3) is 5.04. The largest absolute Gasteiger partial charge is 0.455 e. The topological polar surface area (TPSA) is 53.7 Å². The summed E-state index contributed by atoms with van der Waals surface area (Å²) in [4.78, 5) is 0. The Balaban J connectivity index is 1.03. The first-order valence-corrected chi connectivity index (χ1v) is 20.9. The van der Waals surface area contributed by atoms with Gasteiger partial charge in [0, 0.05) is 49.2 Å². The Bertz CT molecular complexity index is 3810. The van der Waals surface area contributed by atoms with Gasteiger partial charge in [-0.3, -0.25) is 4.57 Å². The van der Waals surface area contributed by atoms with E-state index in [9.17, 15) is 0 Å². The molecular formula is C56H35N5O. The Labute approximate surface area is 355 Å². The van der Waals surface area contributed by atoms with Crippen molar-refractivity contribution < 1.29 is 4.42 Å². The average molecular weight is 794 g/mol. The van der Waals surface area contributed by atoms with Crippen LogP contribution in [0.2, 0.25) is 0 Å². The minimum atomic E-state index is 0.792. The van der Waals surface area contributed by atoms with Gasteiger partial charge in [-0.15, -0.1) is 10.2 Å². The van der Waals surface area contributed by atoms with Crippen molar-refractivity contribution in [2.45, 2.75) is 0 Å². The first-order valence-electron chi connectivity index (χ1n) is 20.9. The van der Waals surface area contributed by atoms with Gasteiger partial charge in [-0.25, -0.2) is 0 Å². The molecule has 13 aromatic rings.